The molecule has 1 unspecified atom stereocenters. The van der Waals surface area contributed by atoms with Crippen LogP contribution in [0.5, 0.6) is 0 Å². The van der Waals surface area contributed by atoms with Crippen LogP contribution in [0.2, 0.25) is 0 Å². The van der Waals surface area contributed by atoms with E-state index in [2.05, 4.69) is 5.32 Å². The van der Waals surface area contributed by atoms with Crippen LogP contribution in [0.15, 0.2) is 60.7 Å². The van der Waals surface area contributed by atoms with Gasteiger partial charge in [-0.15, -0.1) is 0 Å². The molecular formula is C33H43NO12. The van der Waals surface area contributed by atoms with E-state index >= 15 is 0 Å². The van der Waals surface area contributed by atoms with Gasteiger partial charge in [-0.25, -0.2) is 0 Å². The summed E-state index contributed by atoms with van der Waals surface area (Å²) in [6.07, 6.45) is -9.19. The van der Waals surface area contributed by atoms with Crippen LogP contribution in [0.25, 0.3) is 0 Å². The Morgan fingerprint density at radius 1 is 0.783 bits per heavy atom. The van der Waals surface area contributed by atoms with Gasteiger partial charge in [-0.05, 0) is 18.1 Å². The number of hydrogen-bond donors (Lipinski definition) is 2. The summed E-state index contributed by atoms with van der Waals surface area (Å²) >= 11 is 0. The van der Waals surface area contributed by atoms with E-state index in [1.165, 1.54) is 20.8 Å². The van der Waals surface area contributed by atoms with Crippen molar-refractivity contribution in [1.82, 2.24) is 5.32 Å². The van der Waals surface area contributed by atoms with Crippen LogP contribution >= 0.6 is 0 Å². The SMILES string of the molecule is CO[C@@H]1[C@@H](OCc2ccccc2)[C@@H](OCc2ccccc2)[C@H](O[C@@H]2[C@H](OC(C)=O)[C@@H](COC(C)=O)OC(O)[C@@H]2NC(C)=O)O[C@H]1C. The average molecular weight is 646 g/mol. The van der Waals surface area contributed by atoms with E-state index in [0.717, 1.165) is 11.1 Å². The average Bonchev–Trinajstić information content (AvgIpc) is 3.02. The molecule has 0 aliphatic carbocycles. The maximum atomic E-state index is 12.3. The number of aliphatic hydroxyl groups is 1. The second-order valence-corrected chi connectivity index (χ2v) is 11.2. The predicted octanol–water partition coefficient (Wildman–Crippen LogP) is 2.02. The molecule has 0 bridgehead atoms. The molecule has 0 saturated carbocycles. The quantitative estimate of drug-likeness (QED) is 0.306. The summed E-state index contributed by atoms with van der Waals surface area (Å²) < 4.78 is 48.1. The maximum Gasteiger partial charge on any atom is 0.303 e. The number of carbonyl (C=O) groups is 3. The van der Waals surface area contributed by atoms with Crippen molar-refractivity contribution in [1.29, 1.82) is 0 Å². The van der Waals surface area contributed by atoms with Crippen LogP contribution in [0.4, 0.5) is 0 Å². The fourth-order valence-electron chi connectivity index (χ4n) is 5.60. The Hall–Kier alpha value is -3.43. The van der Waals surface area contributed by atoms with E-state index in [9.17, 15) is 19.5 Å². The number of methoxy groups -OCH3 is 1. The Bertz CT molecular complexity index is 1260. The number of ether oxygens (including phenoxy) is 8. The minimum absolute atomic E-state index is 0.165. The second-order valence-electron chi connectivity index (χ2n) is 11.2. The van der Waals surface area contributed by atoms with Gasteiger partial charge in [0.15, 0.2) is 18.7 Å². The van der Waals surface area contributed by atoms with Gasteiger partial charge >= 0.3 is 11.9 Å². The van der Waals surface area contributed by atoms with Crippen molar-refractivity contribution >= 4 is 17.8 Å². The van der Waals surface area contributed by atoms with Gasteiger partial charge in [0.25, 0.3) is 0 Å². The lowest BCUT2D eigenvalue weighted by Crippen LogP contribution is -2.68. The van der Waals surface area contributed by atoms with Crippen molar-refractivity contribution in [3.05, 3.63) is 71.8 Å². The first-order valence-corrected chi connectivity index (χ1v) is 15.1. The normalized spacial score (nSPS) is 31.1. The molecule has 2 aromatic rings. The molecule has 2 N–H and O–H groups in total. The molecule has 2 aromatic carbocycles. The molecule has 13 heteroatoms. The molecule has 2 aliphatic rings. The molecular weight excluding hydrogens is 602 g/mol. The van der Waals surface area contributed by atoms with Gasteiger partial charge in [0.05, 0.1) is 19.3 Å². The summed E-state index contributed by atoms with van der Waals surface area (Å²) in [6.45, 7) is 5.51. The van der Waals surface area contributed by atoms with Crippen LogP contribution in [-0.4, -0.2) is 98.0 Å². The molecule has 46 heavy (non-hydrogen) atoms. The minimum Gasteiger partial charge on any atom is -0.463 e. The van der Waals surface area contributed by atoms with E-state index in [0.29, 0.717) is 0 Å². The molecule has 1 amide bonds. The van der Waals surface area contributed by atoms with Gasteiger partial charge in [0.1, 0.15) is 43.2 Å². The lowest BCUT2D eigenvalue weighted by atomic mass is 9.95. The first kappa shape index (κ1) is 35.4. The predicted molar refractivity (Wildman–Crippen MR) is 161 cm³/mol. The van der Waals surface area contributed by atoms with Crippen LogP contribution in [0.3, 0.4) is 0 Å². The maximum absolute atomic E-state index is 12.3. The summed E-state index contributed by atoms with van der Waals surface area (Å²) in [5.41, 5.74) is 1.81. The third-order valence-electron chi connectivity index (χ3n) is 7.65. The molecule has 0 radical (unpaired) electrons. The molecule has 2 aliphatic heterocycles. The summed E-state index contributed by atoms with van der Waals surface area (Å²) in [5.74, 6) is -1.80. The van der Waals surface area contributed by atoms with Crippen molar-refractivity contribution in [2.75, 3.05) is 13.7 Å². The third-order valence-corrected chi connectivity index (χ3v) is 7.65. The first-order valence-electron chi connectivity index (χ1n) is 15.1. The molecule has 0 spiro atoms. The monoisotopic (exact) mass is 645 g/mol. The van der Waals surface area contributed by atoms with Gasteiger partial charge in [-0.2, -0.15) is 0 Å². The van der Waals surface area contributed by atoms with Gasteiger partial charge in [0, 0.05) is 27.9 Å². The van der Waals surface area contributed by atoms with Crippen LogP contribution in [0, 0.1) is 0 Å². The molecule has 4 rings (SSSR count). The number of carbonyl (C=O) groups excluding carboxylic acids is 3. The van der Waals surface area contributed by atoms with E-state index in [4.69, 9.17) is 37.9 Å². The number of esters is 2. The number of benzene rings is 2. The lowest BCUT2D eigenvalue weighted by molar-refractivity contribution is -0.350. The number of aliphatic hydroxyl groups excluding tert-OH is 1. The van der Waals surface area contributed by atoms with Crippen molar-refractivity contribution in [3.63, 3.8) is 0 Å². The molecule has 252 valence electrons. The number of nitrogens with one attached hydrogen (secondary N) is 1. The van der Waals surface area contributed by atoms with E-state index in [1.807, 2.05) is 60.7 Å². The molecule has 10 atom stereocenters. The summed E-state index contributed by atoms with van der Waals surface area (Å²) in [7, 11) is 1.55. The first-order chi connectivity index (χ1) is 22.1. The fourth-order valence-corrected chi connectivity index (χ4v) is 5.60. The van der Waals surface area contributed by atoms with Crippen molar-refractivity contribution in [2.24, 2.45) is 0 Å². The second kappa shape index (κ2) is 16.9. The molecule has 2 saturated heterocycles. The Morgan fingerprint density at radius 2 is 1.37 bits per heavy atom. The lowest BCUT2D eigenvalue weighted by Gasteiger charge is -2.49. The summed E-state index contributed by atoms with van der Waals surface area (Å²) in [5, 5.41) is 13.6. The summed E-state index contributed by atoms with van der Waals surface area (Å²) in [6, 6.07) is 17.9. The topological polar surface area (TPSA) is 157 Å². The molecule has 2 fully saturated rings. The highest BCUT2D eigenvalue weighted by atomic mass is 16.7. The Morgan fingerprint density at radius 3 is 1.89 bits per heavy atom. The zero-order valence-corrected chi connectivity index (χ0v) is 26.6. The summed E-state index contributed by atoms with van der Waals surface area (Å²) in [4.78, 5) is 36.2. The van der Waals surface area contributed by atoms with Crippen LogP contribution < -0.4 is 5.32 Å². The molecule has 13 nitrogen and oxygen atoms in total. The van der Waals surface area contributed by atoms with Gasteiger partial charge in [-0.3, -0.25) is 14.4 Å². The highest BCUT2D eigenvalue weighted by Gasteiger charge is 2.54. The largest absolute Gasteiger partial charge is 0.463 e. The van der Waals surface area contributed by atoms with Gasteiger partial charge < -0.3 is 48.3 Å². The number of rotatable bonds is 13. The third kappa shape index (κ3) is 9.55. The van der Waals surface area contributed by atoms with Crippen LogP contribution in [0.1, 0.15) is 38.8 Å². The van der Waals surface area contributed by atoms with Crippen molar-refractivity contribution in [3.8, 4) is 0 Å². The zero-order valence-electron chi connectivity index (χ0n) is 26.6. The van der Waals surface area contributed by atoms with Gasteiger partial charge in [0.2, 0.25) is 5.91 Å². The van der Waals surface area contributed by atoms with E-state index in [1.54, 1.807) is 14.0 Å². The van der Waals surface area contributed by atoms with E-state index < -0.39 is 79.2 Å². The van der Waals surface area contributed by atoms with Gasteiger partial charge in [-0.1, -0.05) is 60.7 Å². The highest BCUT2D eigenvalue weighted by Crippen LogP contribution is 2.34. The molecule has 2 heterocycles. The van der Waals surface area contributed by atoms with Crippen LogP contribution in [-0.2, 0) is 65.5 Å². The smallest absolute Gasteiger partial charge is 0.303 e. The molecule has 0 aromatic heterocycles. The van der Waals surface area contributed by atoms with E-state index in [-0.39, 0.29) is 19.8 Å². The van der Waals surface area contributed by atoms with Crippen molar-refractivity contribution in [2.45, 2.75) is 102 Å². The van der Waals surface area contributed by atoms with Crippen molar-refractivity contribution < 1.29 is 57.4 Å². The fraction of sp³-hybridized carbons (Fsp3) is 0.545. The Balaban J connectivity index is 1.70. The number of hydrogen-bond acceptors (Lipinski definition) is 12. The standard InChI is InChI=1S/C33H43NO12/c1-19-27(39-5)30(41-16-23-12-8-6-9-13-23)31(42-17-24-14-10-7-11-15-24)33(43-19)46-29-26(34-20(2)35)32(38)45-25(18-40-21(3)36)28(29)44-22(4)37/h6-15,19,25-33,38H,16-18H2,1-5H3,(H,34,35)/t19-,25+,26+,27-,28+,29-,30+,31+,32?,33-/m0/s1. The minimum atomic E-state index is -1.62. The Kier molecular flexibility index (Phi) is 13.0. The zero-order chi connectivity index (χ0) is 33.2. The highest BCUT2D eigenvalue weighted by molar-refractivity contribution is 5.73. The Labute approximate surface area is 268 Å². The number of amides is 1.